The number of ether oxygens (including phenoxy) is 3. The zero-order chi connectivity index (χ0) is 15.8. The third kappa shape index (κ3) is 14.0. The molecule has 0 fully saturated rings. The van der Waals surface area contributed by atoms with Crippen molar-refractivity contribution >= 4 is 5.91 Å². The van der Waals surface area contributed by atoms with Gasteiger partial charge in [0, 0.05) is 19.7 Å². The van der Waals surface area contributed by atoms with Gasteiger partial charge >= 0.3 is 0 Å². The van der Waals surface area contributed by atoms with Crippen LogP contribution in [0.4, 0.5) is 0 Å². The van der Waals surface area contributed by atoms with E-state index in [1.807, 2.05) is 13.8 Å². The molecule has 6 nitrogen and oxygen atoms in total. The van der Waals surface area contributed by atoms with E-state index < -0.39 is 0 Å². The minimum atomic E-state index is -0.190. The maximum atomic E-state index is 11.4. The Hall–Kier alpha value is -0.690. The van der Waals surface area contributed by atoms with Crippen molar-refractivity contribution in [1.29, 1.82) is 0 Å². The highest BCUT2D eigenvalue weighted by atomic mass is 16.5. The minimum Gasteiger partial charge on any atom is -0.379 e. The molecule has 0 bridgehead atoms. The van der Waals surface area contributed by atoms with Crippen molar-refractivity contribution in [3.8, 4) is 0 Å². The zero-order valence-corrected chi connectivity index (χ0v) is 13.8. The number of hydrogen-bond acceptors (Lipinski definition) is 5. The number of amides is 1. The summed E-state index contributed by atoms with van der Waals surface area (Å²) in [5.74, 6) is 0.0175. The Morgan fingerprint density at radius 3 is 2.10 bits per heavy atom. The largest absolute Gasteiger partial charge is 0.379 e. The summed E-state index contributed by atoms with van der Waals surface area (Å²) in [5.41, 5.74) is 0. The van der Waals surface area contributed by atoms with E-state index in [0.717, 1.165) is 19.4 Å². The first-order valence-electron chi connectivity index (χ1n) is 7.96. The lowest BCUT2D eigenvalue weighted by atomic mass is 10.3. The van der Waals surface area contributed by atoms with Gasteiger partial charge in [0.25, 0.3) is 0 Å². The third-order valence-corrected chi connectivity index (χ3v) is 2.83. The van der Waals surface area contributed by atoms with E-state index in [4.69, 9.17) is 14.2 Å². The van der Waals surface area contributed by atoms with E-state index in [1.54, 1.807) is 0 Å². The quantitative estimate of drug-likeness (QED) is 0.441. The molecule has 0 aliphatic heterocycles. The molecule has 0 aromatic carbocycles. The summed E-state index contributed by atoms with van der Waals surface area (Å²) in [6.45, 7) is 11.0. The van der Waals surface area contributed by atoms with Gasteiger partial charge in [0.15, 0.2) is 0 Å². The number of likely N-dealkylation sites (N-methyl/N-ethyl adjacent to an activating group) is 1. The summed E-state index contributed by atoms with van der Waals surface area (Å²) in [4.78, 5) is 11.4. The van der Waals surface area contributed by atoms with Gasteiger partial charge in [0.05, 0.1) is 39.1 Å². The third-order valence-electron chi connectivity index (χ3n) is 2.83. The van der Waals surface area contributed by atoms with Gasteiger partial charge in [-0.15, -0.1) is 0 Å². The Morgan fingerprint density at radius 1 is 0.952 bits per heavy atom. The Labute approximate surface area is 128 Å². The summed E-state index contributed by atoms with van der Waals surface area (Å²) in [6, 6.07) is -0.190. The van der Waals surface area contributed by atoms with Crippen LogP contribution in [0, 0.1) is 0 Å². The smallest absolute Gasteiger partial charge is 0.236 e. The first-order valence-corrected chi connectivity index (χ1v) is 7.96. The highest BCUT2D eigenvalue weighted by Gasteiger charge is 2.09. The summed E-state index contributed by atoms with van der Waals surface area (Å²) >= 11 is 0. The van der Waals surface area contributed by atoms with Crippen molar-refractivity contribution < 1.29 is 19.0 Å². The van der Waals surface area contributed by atoms with Crippen molar-refractivity contribution in [3.05, 3.63) is 0 Å². The van der Waals surface area contributed by atoms with Gasteiger partial charge in [-0.2, -0.15) is 0 Å². The van der Waals surface area contributed by atoms with Crippen LogP contribution in [0.1, 0.15) is 33.6 Å². The molecule has 1 unspecified atom stereocenters. The molecule has 6 heteroatoms. The lowest BCUT2D eigenvalue weighted by Gasteiger charge is -2.13. The number of carbonyl (C=O) groups excluding carboxylic acids is 1. The molecule has 0 radical (unpaired) electrons. The molecule has 126 valence electrons. The number of carbonyl (C=O) groups is 1. The van der Waals surface area contributed by atoms with Gasteiger partial charge < -0.3 is 24.8 Å². The second kappa shape index (κ2) is 15.7. The topological polar surface area (TPSA) is 68.8 Å². The Morgan fingerprint density at radius 2 is 1.52 bits per heavy atom. The van der Waals surface area contributed by atoms with Crippen LogP contribution in [-0.4, -0.2) is 64.7 Å². The van der Waals surface area contributed by atoms with Crippen LogP contribution < -0.4 is 10.6 Å². The zero-order valence-electron chi connectivity index (χ0n) is 13.8. The van der Waals surface area contributed by atoms with Gasteiger partial charge in [-0.3, -0.25) is 4.79 Å². The van der Waals surface area contributed by atoms with Crippen LogP contribution in [0.25, 0.3) is 0 Å². The van der Waals surface area contributed by atoms with Gasteiger partial charge in [0.2, 0.25) is 5.91 Å². The molecular weight excluding hydrogens is 272 g/mol. The summed E-state index contributed by atoms with van der Waals surface area (Å²) in [6.07, 6.45) is 2.26. The van der Waals surface area contributed by atoms with Crippen LogP contribution in [0.2, 0.25) is 0 Å². The average molecular weight is 304 g/mol. The average Bonchev–Trinajstić information content (AvgIpc) is 2.48. The normalized spacial score (nSPS) is 12.3. The molecule has 2 N–H and O–H groups in total. The first kappa shape index (κ1) is 20.3. The lowest BCUT2D eigenvalue weighted by Crippen LogP contribution is -2.43. The van der Waals surface area contributed by atoms with Gasteiger partial charge in [-0.05, 0) is 20.3 Å². The minimum absolute atomic E-state index is 0.0175. The monoisotopic (exact) mass is 304 g/mol. The maximum absolute atomic E-state index is 11.4. The fraction of sp³-hybridized carbons (Fsp3) is 0.933. The van der Waals surface area contributed by atoms with E-state index >= 15 is 0 Å². The predicted molar refractivity (Wildman–Crippen MR) is 83.5 cm³/mol. The van der Waals surface area contributed by atoms with Crippen LogP contribution >= 0.6 is 0 Å². The van der Waals surface area contributed by atoms with E-state index in [2.05, 4.69) is 17.6 Å². The standard InChI is InChI=1S/C15H32N2O4/c1-4-6-8-19-10-12-21-13-11-20-9-7-17-14(3)15(18)16-5-2/h14,17H,4-13H2,1-3H3,(H,16,18). The lowest BCUT2D eigenvalue weighted by molar-refractivity contribution is -0.122. The van der Waals surface area contributed by atoms with E-state index in [9.17, 15) is 4.79 Å². The number of rotatable bonds is 15. The van der Waals surface area contributed by atoms with E-state index in [1.165, 1.54) is 0 Å². The highest BCUT2D eigenvalue weighted by molar-refractivity contribution is 5.81. The molecule has 1 amide bonds. The summed E-state index contributed by atoms with van der Waals surface area (Å²) in [7, 11) is 0. The van der Waals surface area contributed by atoms with Crippen molar-refractivity contribution in [2.24, 2.45) is 0 Å². The molecule has 1 atom stereocenters. The van der Waals surface area contributed by atoms with E-state index in [0.29, 0.717) is 46.1 Å². The van der Waals surface area contributed by atoms with Crippen molar-refractivity contribution in [3.63, 3.8) is 0 Å². The van der Waals surface area contributed by atoms with Crippen molar-refractivity contribution in [2.45, 2.75) is 39.7 Å². The molecule has 0 heterocycles. The number of unbranched alkanes of at least 4 members (excludes halogenated alkanes) is 1. The molecule has 0 saturated heterocycles. The van der Waals surface area contributed by atoms with Crippen LogP contribution in [0.15, 0.2) is 0 Å². The number of nitrogens with one attached hydrogen (secondary N) is 2. The predicted octanol–water partition coefficient (Wildman–Crippen LogP) is 0.951. The van der Waals surface area contributed by atoms with Crippen molar-refractivity contribution in [2.75, 3.05) is 52.7 Å². The van der Waals surface area contributed by atoms with Crippen LogP contribution in [-0.2, 0) is 19.0 Å². The Bertz CT molecular complexity index is 240. The highest BCUT2D eigenvalue weighted by Crippen LogP contribution is 1.88. The van der Waals surface area contributed by atoms with E-state index in [-0.39, 0.29) is 11.9 Å². The molecule has 0 spiro atoms. The van der Waals surface area contributed by atoms with Crippen LogP contribution in [0.3, 0.4) is 0 Å². The van der Waals surface area contributed by atoms with Gasteiger partial charge in [-0.1, -0.05) is 13.3 Å². The summed E-state index contributed by atoms with van der Waals surface area (Å²) < 4.78 is 16.2. The fourth-order valence-electron chi connectivity index (χ4n) is 1.56. The molecule has 21 heavy (non-hydrogen) atoms. The SMILES string of the molecule is CCCCOCCOCCOCCNC(C)C(=O)NCC. The summed E-state index contributed by atoms with van der Waals surface area (Å²) in [5, 5.41) is 5.86. The number of hydrogen-bond donors (Lipinski definition) is 2. The molecular formula is C15H32N2O4. The fourth-order valence-corrected chi connectivity index (χ4v) is 1.56. The van der Waals surface area contributed by atoms with Gasteiger partial charge in [0.1, 0.15) is 0 Å². The van der Waals surface area contributed by atoms with Crippen LogP contribution in [0.5, 0.6) is 0 Å². The molecule has 0 aromatic heterocycles. The molecule has 0 rings (SSSR count). The molecule has 0 aliphatic carbocycles. The Kier molecular flexibility index (Phi) is 15.2. The second-order valence-electron chi connectivity index (χ2n) is 4.76. The molecule has 0 aliphatic rings. The molecule has 0 saturated carbocycles. The van der Waals surface area contributed by atoms with Gasteiger partial charge in [-0.25, -0.2) is 0 Å². The Balaban J connectivity index is 3.17. The first-order chi connectivity index (χ1) is 10.2. The molecule has 0 aromatic rings. The maximum Gasteiger partial charge on any atom is 0.236 e. The second-order valence-corrected chi connectivity index (χ2v) is 4.76. The van der Waals surface area contributed by atoms with Crippen molar-refractivity contribution in [1.82, 2.24) is 10.6 Å².